The van der Waals surface area contributed by atoms with E-state index in [9.17, 15) is 8.78 Å². The molecule has 2 rings (SSSR count). The van der Waals surface area contributed by atoms with Gasteiger partial charge in [-0.25, -0.2) is 19.6 Å². The van der Waals surface area contributed by atoms with E-state index in [1.165, 1.54) is 0 Å². The summed E-state index contributed by atoms with van der Waals surface area (Å²) in [5.41, 5.74) is 3.03. The number of benzene rings is 1. The van der Waals surface area contributed by atoms with E-state index in [1.54, 1.807) is 0 Å². The molecule has 1 unspecified atom stereocenters. The van der Waals surface area contributed by atoms with Crippen LogP contribution in [0.3, 0.4) is 0 Å². The van der Waals surface area contributed by atoms with E-state index < -0.39 is 11.6 Å². The van der Waals surface area contributed by atoms with Gasteiger partial charge >= 0.3 is 0 Å². The van der Waals surface area contributed by atoms with E-state index in [-0.39, 0.29) is 17.7 Å². The predicted molar refractivity (Wildman–Crippen MR) is 78.1 cm³/mol. The van der Waals surface area contributed by atoms with Crippen molar-refractivity contribution >= 4 is 27.6 Å². The maximum absolute atomic E-state index is 13.7. The highest BCUT2D eigenvalue weighted by molar-refractivity contribution is 9.10. The van der Waals surface area contributed by atoms with Crippen LogP contribution < -0.4 is 16.6 Å². The first-order valence-electron chi connectivity index (χ1n) is 5.86. The van der Waals surface area contributed by atoms with Crippen molar-refractivity contribution in [3.05, 3.63) is 52.0 Å². The number of hydrazine groups is 1. The Morgan fingerprint density at radius 2 is 1.75 bits per heavy atom. The van der Waals surface area contributed by atoms with Gasteiger partial charge in [-0.3, -0.25) is 0 Å². The highest BCUT2D eigenvalue weighted by Crippen LogP contribution is 2.24. The van der Waals surface area contributed by atoms with Crippen molar-refractivity contribution in [3.8, 4) is 0 Å². The smallest absolute Gasteiger partial charge is 0.178 e. The minimum absolute atomic E-state index is 0.0604. The van der Waals surface area contributed by atoms with Crippen LogP contribution in [0.15, 0.2) is 34.8 Å². The number of hydrogen-bond acceptors (Lipinski definition) is 4. The van der Waals surface area contributed by atoms with Crippen molar-refractivity contribution in [2.45, 2.75) is 13.0 Å². The van der Waals surface area contributed by atoms with Gasteiger partial charge in [0.1, 0.15) is 0 Å². The van der Waals surface area contributed by atoms with Gasteiger partial charge in [0, 0.05) is 10.5 Å². The third-order valence-electron chi connectivity index (χ3n) is 2.79. The van der Waals surface area contributed by atoms with E-state index in [0.717, 1.165) is 16.1 Å². The zero-order chi connectivity index (χ0) is 14.7. The number of anilines is 2. The maximum Gasteiger partial charge on any atom is 0.178 e. The van der Waals surface area contributed by atoms with Crippen LogP contribution in [0, 0.1) is 11.6 Å². The SMILES string of the molecule is CC(Nc1nc(NN)c(F)cc1F)c1ccc(Br)cc1. The molecule has 0 radical (unpaired) electrons. The summed E-state index contributed by atoms with van der Waals surface area (Å²) in [7, 11) is 0. The Bertz CT molecular complexity index is 604. The van der Waals surface area contributed by atoms with Gasteiger partial charge in [-0.1, -0.05) is 28.1 Å². The Hall–Kier alpha value is -1.73. The Morgan fingerprint density at radius 1 is 1.15 bits per heavy atom. The second-order valence-electron chi connectivity index (χ2n) is 4.21. The molecule has 1 atom stereocenters. The van der Waals surface area contributed by atoms with Gasteiger partial charge in [0.25, 0.3) is 0 Å². The van der Waals surface area contributed by atoms with Crippen molar-refractivity contribution in [2.24, 2.45) is 5.84 Å². The minimum Gasteiger partial charge on any atom is -0.361 e. The molecule has 4 nitrogen and oxygen atoms in total. The monoisotopic (exact) mass is 342 g/mol. The van der Waals surface area contributed by atoms with Gasteiger partial charge in [-0.15, -0.1) is 0 Å². The third-order valence-corrected chi connectivity index (χ3v) is 3.32. The summed E-state index contributed by atoms with van der Waals surface area (Å²) >= 11 is 3.34. The van der Waals surface area contributed by atoms with Crippen LogP contribution in [0.1, 0.15) is 18.5 Å². The molecule has 1 aromatic heterocycles. The molecule has 20 heavy (non-hydrogen) atoms. The van der Waals surface area contributed by atoms with Gasteiger partial charge in [0.15, 0.2) is 23.3 Å². The van der Waals surface area contributed by atoms with Gasteiger partial charge in [0.2, 0.25) is 0 Å². The number of rotatable bonds is 4. The lowest BCUT2D eigenvalue weighted by molar-refractivity contribution is 0.576. The summed E-state index contributed by atoms with van der Waals surface area (Å²) in [4.78, 5) is 3.77. The van der Waals surface area contributed by atoms with Gasteiger partial charge in [-0.2, -0.15) is 0 Å². The molecule has 1 heterocycles. The lowest BCUT2D eigenvalue weighted by Gasteiger charge is -2.16. The third kappa shape index (κ3) is 3.23. The van der Waals surface area contributed by atoms with Crippen LogP contribution in [0.4, 0.5) is 20.4 Å². The number of nitrogen functional groups attached to an aromatic ring is 1. The fraction of sp³-hybridized carbons (Fsp3) is 0.154. The molecule has 0 aliphatic heterocycles. The lowest BCUT2D eigenvalue weighted by Crippen LogP contribution is -2.14. The minimum atomic E-state index is -0.841. The summed E-state index contributed by atoms with van der Waals surface area (Å²) in [6.45, 7) is 1.85. The average molecular weight is 343 g/mol. The van der Waals surface area contributed by atoms with Crippen LogP contribution in [0.5, 0.6) is 0 Å². The molecule has 0 fully saturated rings. The second-order valence-corrected chi connectivity index (χ2v) is 5.13. The molecule has 1 aromatic carbocycles. The van der Waals surface area contributed by atoms with E-state index in [0.29, 0.717) is 0 Å². The zero-order valence-corrected chi connectivity index (χ0v) is 12.2. The molecule has 0 saturated carbocycles. The first-order chi connectivity index (χ1) is 9.51. The Morgan fingerprint density at radius 3 is 2.35 bits per heavy atom. The van der Waals surface area contributed by atoms with Gasteiger partial charge < -0.3 is 10.7 Å². The second kappa shape index (κ2) is 6.15. The van der Waals surface area contributed by atoms with Gasteiger partial charge in [0.05, 0.1) is 6.04 Å². The Kier molecular flexibility index (Phi) is 4.51. The number of nitrogens with one attached hydrogen (secondary N) is 2. The van der Waals surface area contributed by atoms with E-state index >= 15 is 0 Å². The van der Waals surface area contributed by atoms with Crippen LogP contribution >= 0.6 is 15.9 Å². The fourth-order valence-electron chi connectivity index (χ4n) is 1.71. The normalized spacial score (nSPS) is 12.1. The number of nitrogens with two attached hydrogens (primary N) is 1. The predicted octanol–water partition coefficient (Wildman–Crippen LogP) is 3.58. The molecule has 0 aliphatic carbocycles. The van der Waals surface area contributed by atoms with Crippen LogP contribution in [-0.4, -0.2) is 4.98 Å². The molecule has 2 aromatic rings. The summed E-state index contributed by atoms with van der Waals surface area (Å²) < 4.78 is 27.9. The molecule has 106 valence electrons. The quantitative estimate of drug-likeness (QED) is 0.587. The summed E-state index contributed by atoms with van der Waals surface area (Å²) in [6.07, 6.45) is 0. The number of hydrogen-bond donors (Lipinski definition) is 3. The topological polar surface area (TPSA) is 63.0 Å². The number of aromatic nitrogens is 1. The van der Waals surface area contributed by atoms with E-state index in [2.05, 4.69) is 31.7 Å². The highest BCUT2D eigenvalue weighted by atomic mass is 79.9. The van der Waals surface area contributed by atoms with E-state index in [1.807, 2.05) is 31.2 Å². The molecule has 4 N–H and O–H groups in total. The molecular weight excluding hydrogens is 330 g/mol. The molecule has 0 bridgehead atoms. The standard InChI is InChI=1S/C13H13BrF2N4/c1-7(8-2-4-9(14)5-3-8)18-12-10(15)6-11(16)13(19-12)20-17/h2-7H,17H2,1H3,(H2,18,19,20). The first-order valence-corrected chi connectivity index (χ1v) is 6.65. The fourth-order valence-corrected chi connectivity index (χ4v) is 1.97. The number of nitrogens with zero attached hydrogens (tertiary/aromatic N) is 1. The van der Waals surface area contributed by atoms with Crippen molar-refractivity contribution in [2.75, 3.05) is 10.7 Å². The van der Waals surface area contributed by atoms with Gasteiger partial charge in [-0.05, 0) is 24.6 Å². The lowest BCUT2D eigenvalue weighted by atomic mass is 10.1. The highest BCUT2D eigenvalue weighted by Gasteiger charge is 2.14. The van der Waals surface area contributed by atoms with Crippen molar-refractivity contribution in [1.29, 1.82) is 0 Å². The van der Waals surface area contributed by atoms with Crippen LogP contribution in [0.25, 0.3) is 0 Å². The molecule has 0 spiro atoms. The Balaban J connectivity index is 2.23. The Labute approximate surface area is 123 Å². The molecule has 0 aliphatic rings. The van der Waals surface area contributed by atoms with Crippen molar-refractivity contribution in [1.82, 2.24) is 4.98 Å². The van der Waals surface area contributed by atoms with Crippen molar-refractivity contribution in [3.63, 3.8) is 0 Å². The zero-order valence-electron chi connectivity index (χ0n) is 10.6. The van der Waals surface area contributed by atoms with Crippen LogP contribution in [0.2, 0.25) is 0 Å². The van der Waals surface area contributed by atoms with E-state index in [4.69, 9.17) is 5.84 Å². The molecule has 0 saturated heterocycles. The maximum atomic E-state index is 13.7. The largest absolute Gasteiger partial charge is 0.361 e. The summed E-state index contributed by atoms with van der Waals surface area (Å²) in [5, 5.41) is 2.88. The summed E-state index contributed by atoms with van der Waals surface area (Å²) in [6, 6.07) is 8.10. The number of halogens is 3. The van der Waals surface area contributed by atoms with Crippen molar-refractivity contribution < 1.29 is 8.78 Å². The molecular formula is C13H13BrF2N4. The first kappa shape index (κ1) is 14.7. The molecule has 0 amide bonds. The summed E-state index contributed by atoms with van der Waals surface area (Å²) in [5.74, 6) is 3.24. The number of pyridine rings is 1. The molecule has 7 heteroatoms. The average Bonchev–Trinajstić information content (AvgIpc) is 2.42. The van der Waals surface area contributed by atoms with Crippen LogP contribution in [-0.2, 0) is 0 Å².